The van der Waals surface area contributed by atoms with Crippen LogP contribution in [0.15, 0.2) is 34.4 Å². The average molecular weight is 674 g/mol. The van der Waals surface area contributed by atoms with Crippen molar-refractivity contribution in [3.05, 3.63) is 47.0 Å². The van der Waals surface area contributed by atoms with Gasteiger partial charge in [-0.05, 0) is 128 Å². The Kier molecular flexibility index (Phi) is 8.10. The van der Waals surface area contributed by atoms with Crippen LogP contribution < -0.4 is 15.8 Å². The molecule has 1 amide bonds. The summed E-state index contributed by atoms with van der Waals surface area (Å²) in [4.78, 5) is 14.6. The molecule has 5 aliphatic rings. The van der Waals surface area contributed by atoms with E-state index in [2.05, 4.69) is 65.0 Å². The van der Waals surface area contributed by atoms with E-state index in [4.69, 9.17) is 15.0 Å². The minimum Gasteiger partial charge on any atom is -0.496 e. The molecule has 8 atom stereocenters. The number of carbonyl (C=O) groups is 1. The lowest BCUT2D eigenvalue weighted by Gasteiger charge is -2.71. The number of methoxy groups -OCH3 is 1. The van der Waals surface area contributed by atoms with Crippen LogP contribution in [-0.4, -0.2) is 24.2 Å². The molecule has 1 aromatic heterocycles. The van der Waals surface area contributed by atoms with E-state index in [-0.39, 0.29) is 57.3 Å². The van der Waals surface area contributed by atoms with Crippen LogP contribution >= 0.6 is 0 Å². The van der Waals surface area contributed by atoms with Gasteiger partial charge in [-0.3, -0.25) is 4.79 Å². The highest BCUT2D eigenvalue weighted by Gasteiger charge is 2.69. The van der Waals surface area contributed by atoms with Gasteiger partial charge in [0.1, 0.15) is 17.3 Å². The normalized spacial score (nSPS) is 39.0. The molecule has 7 rings (SSSR count). The van der Waals surface area contributed by atoms with Crippen LogP contribution in [0.3, 0.4) is 0 Å². The highest BCUT2D eigenvalue weighted by Crippen LogP contribution is 2.75. The molecule has 1 aromatic carbocycles. The van der Waals surface area contributed by atoms with Gasteiger partial charge in [0.25, 0.3) is 0 Å². The average Bonchev–Trinajstić information content (AvgIpc) is 3.52. The standard InChI is InChI=1S/C42H60FN3O3/c1-25-31(48-9)12-10-27(35(25)43)30-22-26(49-46-30)24-45-36(47)42-20-18-37(2,3)23-29(42)28-11-13-33-39(6)16-15-34(44)38(4,5)32(39)14-17-41(33,8)40(28,7)19-21-42/h10-12,22,29,32-34H,13-21,23-24,44H2,1-9H3,(H,45,47)/t29-,32?,33?,34-,39-,40+,41+,42-/m0/s1. The van der Waals surface area contributed by atoms with Crippen molar-refractivity contribution in [3.63, 3.8) is 0 Å². The van der Waals surface area contributed by atoms with Gasteiger partial charge in [-0.25, -0.2) is 4.39 Å². The Bertz CT molecular complexity index is 1680. The van der Waals surface area contributed by atoms with E-state index in [1.54, 1.807) is 30.7 Å². The van der Waals surface area contributed by atoms with Crippen LogP contribution in [0.4, 0.5) is 4.39 Å². The minimum atomic E-state index is -0.438. The summed E-state index contributed by atoms with van der Waals surface area (Å²) >= 11 is 0. The smallest absolute Gasteiger partial charge is 0.227 e. The van der Waals surface area contributed by atoms with Gasteiger partial charge in [0.2, 0.25) is 5.91 Å². The molecule has 1 heterocycles. The lowest BCUT2D eigenvalue weighted by Crippen LogP contribution is -2.66. The Morgan fingerprint density at radius 3 is 2.49 bits per heavy atom. The lowest BCUT2D eigenvalue weighted by atomic mass is 9.33. The molecular weight excluding hydrogens is 613 g/mol. The van der Waals surface area contributed by atoms with Crippen molar-refractivity contribution in [1.29, 1.82) is 0 Å². The van der Waals surface area contributed by atoms with E-state index in [0.29, 0.717) is 40.2 Å². The molecule has 0 radical (unpaired) electrons. The monoisotopic (exact) mass is 673 g/mol. The van der Waals surface area contributed by atoms with E-state index in [1.165, 1.54) is 26.4 Å². The van der Waals surface area contributed by atoms with E-state index >= 15 is 4.39 Å². The molecule has 2 unspecified atom stereocenters. The first-order chi connectivity index (χ1) is 22.9. The number of ether oxygens (including phenoxy) is 1. The summed E-state index contributed by atoms with van der Waals surface area (Å²) in [5.74, 6) is 2.25. The Labute approximate surface area is 293 Å². The zero-order chi connectivity index (χ0) is 35.4. The van der Waals surface area contributed by atoms with Crippen molar-refractivity contribution >= 4 is 5.91 Å². The number of hydrogen-bond acceptors (Lipinski definition) is 5. The fourth-order valence-electron chi connectivity index (χ4n) is 12.6. The molecule has 0 bridgehead atoms. The molecule has 49 heavy (non-hydrogen) atoms. The number of halogens is 1. The molecule has 4 saturated carbocycles. The van der Waals surface area contributed by atoms with Crippen molar-refractivity contribution in [2.45, 2.75) is 132 Å². The van der Waals surface area contributed by atoms with Crippen molar-refractivity contribution < 1.29 is 18.4 Å². The third-order valence-electron chi connectivity index (χ3n) is 16.0. The second-order valence-electron chi connectivity index (χ2n) is 19.0. The summed E-state index contributed by atoms with van der Waals surface area (Å²) in [7, 11) is 1.53. The Morgan fingerprint density at radius 2 is 1.76 bits per heavy atom. The molecule has 0 spiro atoms. The number of rotatable bonds is 5. The summed E-state index contributed by atoms with van der Waals surface area (Å²) < 4.78 is 26.1. The number of carbonyl (C=O) groups excluding carboxylic acids is 1. The number of benzene rings is 1. The number of aromatic nitrogens is 1. The highest BCUT2D eigenvalue weighted by molar-refractivity contribution is 5.84. The molecular formula is C42H60FN3O3. The number of nitrogens with two attached hydrogens (primary N) is 1. The van der Waals surface area contributed by atoms with Crippen molar-refractivity contribution in [3.8, 4) is 17.0 Å². The number of nitrogens with zero attached hydrogens (tertiary/aromatic N) is 1. The SMILES string of the molecule is COc1ccc(-c2cc(CNC(=O)[C@]34CCC(C)(C)C[C@H]3C3=CCC5[C@@]6(C)CC[C@H](N)C(C)(C)C6CC[C@@]5(C)[C@]3(C)CC4)on2)c(F)c1C. The van der Waals surface area contributed by atoms with E-state index in [9.17, 15) is 4.79 Å². The summed E-state index contributed by atoms with van der Waals surface area (Å²) in [6.07, 6.45) is 13.5. The summed E-state index contributed by atoms with van der Waals surface area (Å²) in [5, 5.41) is 7.47. The second-order valence-corrected chi connectivity index (χ2v) is 19.0. The van der Waals surface area contributed by atoms with Crippen molar-refractivity contribution in [2.24, 2.45) is 56.0 Å². The van der Waals surface area contributed by atoms with Gasteiger partial charge in [-0.2, -0.15) is 0 Å². The number of fused-ring (bicyclic) bond motifs is 7. The minimum absolute atomic E-state index is 0.0653. The van der Waals surface area contributed by atoms with Gasteiger partial charge >= 0.3 is 0 Å². The van der Waals surface area contributed by atoms with Crippen LogP contribution in [0.1, 0.15) is 124 Å². The number of nitrogens with one attached hydrogen (secondary N) is 1. The van der Waals surface area contributed by atoms with Crippen molar-refractivity contribution in [1.82, 2.24) is 10.5 Å². The van der Waals surface area contributed by atoms with Crippen LogP contribution in [0.5, 0.6) is 5.75 Å². The Morgan fingerprint density at radius 1 is 1.02 bits per heavy atom. The molecule has 5 aliphatic carbocycles. The predicted octanol–water partition coefficient (Wildman–Crippen LogP) is 9.54. The number of hydrogen-bond donors (Lipinski definition) is 2. The Hall–Kier alpha value is -2.67. The van der Waals surface area contributed by atoms with Gasteiger partial charge in [0.05, 0.1) is 19.1 Å². The largest absolute Gasteiger partial charge is 0.496 e. The van der Waals surface area contributed by atoms with Gasteiger partial charge in [-0.15, -0.1) is 0 Å². The van der Waals surface area contributed by atoms with Gasteiger partial charge in [0, 0.05) is 23.2 Å². The predicted molar refractivity (Wildman–Crippen MR) is 192 cm³/mol. The zero-order valence-corrected chi connectivity index (χ0v) is 31.5. The van der Waals surface area contributed by atoms with Crippen LogP contribution in [0, 0.1) is 63.0 Å². The zero-order valence-electron chi connectivity index (χ0n) is 31.5. The molecule has 0 saturated heterocycles. The number of amides is 1. The number of allylic oxidation sites excluding steroid dienone is 2. The quantitative estimate of drug-likeness (QED) is 0.309. The summed E-state index contributed by atoms with van der Waals surface area (Å²) in [6.45, 7) is 19.4. The molecule has 2 aromatic rings. The second kappa shape index (κ2) is 11.4. The first-order valence-corrected chi connectivity index (χ1v) is 19.0. The van der Waals surface area contributed by atoms with Gasteiger partial charge in [0.15, 0.2) is 5.76 Å². The van der Waals surface area contributed by atoms with Crippen LogP contribution in [0.25, 0.3) is 11.3 Å². The summed E-state index contributed by atoms with van der Waals surface area (Å²) in [5.41, 5.74) is 9.98. The molecule has 4 fully saturated rings. The van der Waals surface area contributed by atoms with Crippen LogP contribution in [-0.2, 0) is 11.3 Å². The molecule has 0 aliphatic heterocycles. The fourth-order valence-corrected chi connectivity index (χ4v) is 12.6. The molecule has 7 heteroatoms. The fraction of sp³-hybridized carbons (Fsp3) is 0.714. The third-order valence-corrected chi connectivity index (χ3v) is 16.0. The maximum atomic E-state index is 15.2. The molecule has 6 nitrogen and oxygen atoms in total. The van der Waals surface area contributed by atoms with Gasteiger partial charge in [-0.1, -0.05) is 65.3 Å². The van der Waals surface area contributed by atoms with E-state index in [0.717, 1.165) is 44.9 Å². The highest BCUT2D eigenvalue weighted by atomic mass is 19.1. The first-order valence-electron chi connectivity index (χ1n) is 19.0. The molecule has 268 valence electrons. The molecule has 3 N–H and O–H groups in total. The van der Waals surface area contributed by atoms with Gasteiger partial charge < -0.3 is 20.3 Å². The van der Waals surface area contributed by atoms with E-state index in [1.807, 2.05) is 0 Å². The maximum absolute atomic E-state index is 15.2. The van der Waals surface area contributed by atoms with Crippen LogP contribution in [0.2, 0.25) is 0 Å². The first kappa shape index (κ1) is 34.8. The Balaban J connectivity index is 1.16. The van der Waals surface area contributed by atoms with E-state index < -0.39 is 5.41 Å². The van der Waals surface area contributed by atoms with Crippen molar-refractivity contribution in [2.75, 3.05) is 7.11 Å². The summed E-state index contributed by atoms with van der Waals surface area (Å²) in [6, 6.07) is 5.41. The lowest BCUT2D eigenvalue weighted by molar-refractivity contribution is -0.186. The maximum Gasteiger partial charge on any atom is 0.227 e. The topological polar surface area (TPSA) is 90.4 Å². The third kappa shape index (κ3) is 4.93.